The Hall–Kier alpha value is 0. The van der Waals surface area contributed by atoms with Crippen LogP contribution in [-0.4, -0.2) is 0 Å². The van der Waals surface area contributed by atoms with Crippen molar-refractivity contribution < 1.29 is 0 Å². The van der Waals surface area contributed by atoms with E-state index in [2.05, 4.69) is 27.7 Å². The quantitative estimate of drug-likeness (QED) is 0.539. The standard InChI is InChI=1S/C10H20.CH4/c1-7(2)10-5-8(3)9(4)6-10;/h7-10H,5-6H2,1-4H3;1H4. The van der Waals surface area contributed by atoms with Gasteiger partial charge in [-0.25, -0.2) is 0 Å². The lowest BCUT2D eigenvalue weighted by molar-refractivity contribution is 0.381. The van der Waals surface area contributed by atoms with Gasteiger partial charge in [-0.1, -0.05) is 35.1 Å². The third-order valence-electron chi connectivity index (χ3n) is 3.26. The van der Waals surface area contributed by atoms with E-state index in [4.69, 9.17) is 0 Å². The highest BCUT2D eigenvalue weighted by atomic mass is 14.3. The van der Waals surface area contributed by atoms with Crippen LogP contribution in [0.15, 0.2) is 0 Å². The van der Waals surface area contributed by atoms with Crippen molar-refractivity contribution in [3.63, 3.8) is 0 Å². The minimum absolute atomic E-state index is 0. The topological polar surface area (TPSA) is 0 Å². The molecule has 1 aliphatic rings. The van der Waals surface area contributed by atoms with E-state index < -0.39 is 0 Å². The predicted molar refractivity (Wildman–Crippen MR) is 52.6 cm³/mol. The maximum absolute atomic E-state index is 2.40. The second-order valence-corrected chi connectivity index (χ2v) is 4.43. The van der Waals surface area contributed by atoms with Crippen LogP contribution < -0.4 is 0 Å². The van der Waals surface area contributed by atoms with Gasteiger partial charge in [0.15, 0.2) is 0 Å². The van der Waals surface area contributed by atoms with Crippen LogP contribution in [0.25, 0.3) is 0 Å². The van der Waals surface area contributed by atoms with Gasteiger partial charge >= 0.3 is 0 Å². The van der Waals surface area contributed by atoms with Crippen LogP contribution in [0.4, 0.5) is 0 Å². The average Bonchev–Trinajstić information content (AvgIpc) is 2.13. The predicted octanol–water partition coefficient (Wildman–Crippen LogP) is 3.96. The van der Waals surface area contributed by atoms with E-state index in [0.29, 0.717) is 0 Å². The molecule has 0 amide bonds. The highest BCUT2D eigenvalue weighted by Gasteiger charge is 2.29. The van der Waals surface area contributed by atoms with Crippen LogP contribution in [0, 0.1) is 23.7 Å². The van der Waals surface area contributed by atoms with Gasteiger partial charge in [-0.2, -0.15) is 0 Å². The lowest BCUT2D eigenvalue weighted by Gasteiger charge is -2.12. The third kappa shape index (κ3) is 2.50. The maximum atomic E-state index is 2.40. The Kier molecular flexibility index (Phi) is 4.13. The molecule has 1 aliphatic carbocycles. The Morgan fingerprint density at radius 1 is 1.00 bits per heavy atom. The molecule has 0 aromatic heterocycles. The first-order chi connectivity index (χ1) is 4.61. The van der Waals surface area contributed by atoms with Gasteiger partial charge in [-0.15, -0.1) is 0 Å². The van der Waals surface area contributed by atoms with E-state index in [1.165, 1.54) is 12.8 Å². The fourth-order valence-corrected chi connectivity index (χ4v) is 2.06. The molecular formula is C11H24. The van der Waals surface area contributed by atoms with Crippen molar-refractivity contribution in [1.82, 2.24) is 0 Å². The summed E-state index contributed by atoms with van der Waals surface area (Å²) in [5.74, 6) is 3.89. The second kappa shape index (κ2) is 4.13. The summed E-state index contributed by atoms with van der Waals surface area (Å²) in [5.41, 5.74) is 0. The van der Waals surface area contributed by atoms with Gasteiger partial charge in [0.05, 0.1) is 0 Å². The molecule has 0 aromatic carbocycles. The summed E-state index contributed by atoms with van der Waals surface area (Å²) in [7, 11) is 0. The smallest absolute Gasteiger partial charge is 0.0386 e. The molecule has 1 saturated carbocycles. The summed E-state index contributed by atoms with van der Waals surface area (Å²) in [5, 5.41) is 0. The lowest BCUT2D eigenvalue weighted by Crippen LogP contribution is -2.03. The first kappa shape index (κ1) is 11.0. The zero-order valence-electron chi connectivity index (χ0n) is 7.72. The van der Waals surface area contributed by atoms with Crippen molar-refractivity contribution in [1.29, 1.82) is 0 Å². The molecule has 0 radical (unpaired) electrons. The minimum atomic E-state index is 0. The second-order valence-electron chi connectivity index (χ2n) is 4.43. The summed E-state index contributed by atoms with van der Waals surface area (Å²) in [6.07, 6.45) is 2.94. The molecule has 2 atom stereocenters. The van der Waals surface area contributed by atoms with E-state index in [1.54, 1.807) is 0 Å². The van der Waals surface area contributed by atoms with E-state index in [9.17, 15) is 0 Å². The summed E-state index contributed by atoms with van der Waals surface area (Å²) < 4.78 is 0. The first-order valence-electron chi connectivity index (χ1n) is 4.61. The fraction of sp³-hybridized carbons (Fsp3) is 1.00. The zero-order valence-corrected chi connectivity index (χ0v) is 7.72. The molecule has 1 fully saturated rings. The zero-order chi connectivity index (χ0) is 7.72. The monoisotopic (exact) mass is 156 g/mol. The molecule has 0 saturated heterocycles. The van der Waals surface area contributed by atoms with Crippen LogP contribution >= 0.6 is 0 Å². The third-order valence-corrected chi connectivity index (χ3v) is 3.26. The first-order valence-corrected chi connectivity index (χ1v) is 4.61. The molecule has 0 heterocycles. The van der Waals surface area contributed by atoms with E-state index in [-0.39, 0.29) is 7.43 Å². The van der Waals surface area contributed by atoms with Gasteiger partial charge in [0.2, 0.25) is 0 Å². The number of hydrogen-bond acceptors (Lipinski definition) is 0. The van der Waals surface area contributed by atoms with Gasteiger partial charge in [0.25, 0.3) is 0 Å². The summed E-state index contributed by atoms with van der Waals surface area (Å²) >= 11 is 0. The molecule has 0 aliphatic heterocycles. The molecule has 68 valence electrons. The van der Waals surface area contributed by atoms with Gasteiger partial charge < -0.3 is 0 Å². The average molecular weight is 156 g/mol. The van der Waals surface area contributed by atoms with Gasteiger partial charge in [-0.3, -0.25) is 0 Å². The molecule has 2 unspecified atom stereocenters. The van der Waals surface area contributed by atoms with Crippen LogP contribution in [0.2, 0.25) is 0 Å². The fourth-order valence-electron chi connectivity index (χ4n) is 2.06. The molecule has 0 aromatic rings. The van der Waals surface area contributed by atoms with Crippen molar-refractivity contribution >= 4 is 0 Å². The van der Waals surface area contributed by atoms with Gasteiger partial charge in [-0.05, 0) is 36.5 Å². The van der Waals surface area contributed by atoms with E-state index in [1.807, 2.05) is 0 Å². The molecule has 0 spiro atoms. The molecule has 0 nitrogen and oxygen atoms in total. The van der Waals surface area contributed by atoms with E-state index in [0.717, 1.165) is 23.7 Å². The molecular weight excluding hydrogens is 132 g/mol. The van der Waals surface area contributed by atoms with Crippen LogP contribution in [-0.2, 0) is 0 Å². The van der Waals surface area contributed by atoms with Gasteiger partial charge in [0, 0.05) is 0 Å². The van der Waals surface area contributed by atoms with Crippen molar-refractivity contribution in [2.24, 2.45) is 23.7 Å². The van der Waals surface area contributed by atoms with Crippen LogP contribution in [0.3, 0.4) is 0 Å². The number of hydrogen-bond donors (Lipinski definition) is 0. The molecule has 0 N–H and O–H groups in total. The highest BCUT2D eigenvalue weighted by molar-refractivity contribution is 4.79. The Morgan fingerprint density at radius 3 is 1.55 bits per heavy atom. The Morgan fingerprint density at radius 2 is 1.36 bits per heavy atom. The molecule has 0 heteroatoms. The Bertz CT molecular complexity index is 94.6. The highest BCUT2D eigenvalue weighted by Crippen LogP contribution is 2.39. The lowest BCUT2D eigenvalue weighted by atomic mass is 9.93. The maximum Gasteiger partial charge on any atom is -0.0386 e. The molecule has 1 rings (SSSR count). The summed E-state index contributed by atoms with van der Waals surface area (Å²) in [6, 6.07) is 0. The van der Waals surface area contributed by atoms with Gasteiger partial charge in [0.1, 0.15) is 0 Å². The Balaban J connectivity index is 0.000001000. The SMILES string of the molecule is C.CC(C)C1CC(C)C(C)C1. The van der Waals surface area contributed by atoms with Crippen molar-refractivity contribution in [2.45, 2.75) is 48.0 Å². The molecule has 11 heavy (non-hydrogen) atoms. The van der Waals surface area contributed by atoms with Crippen molar-refractivity contribution in [3.05, 3.63) is 0 Å². The van der Waals surface area contributed by atoms with Crippen molar-refractivity contribution in [2.75, 3.05) is 0 Å². The van der Waals surface area contributed by atoms with Crippen LogP contribution in [0.5, 0.6) is 0 Å². The summed E-state index contributed by atoms with van der Waals surface area (Å²) in [4.78, 5) is 0. The Labute approximate surface area is 72.4 Å². The summed E-state index contributed by atoms with van der Waals surface area (Å²) in [6.45, 7) is 9.50. The normalized spacial score (nSPS) is 37.4. The number of rotatable bonds is 1. The van der Waals surface area contributed by atoms with E-state index >= 15 is 0 Å². The largest absolute Gasteiger partial charge is 0.0776 e. The molecule has 0 bridgehead atoms. The van der Waals surface area contributed by atoms with Crippen molar-refractivity contribution in [3.8, 4) is 0 Å². The minimum Gasteiger partial charge on any atom is -0.0776 e. The van der Waals surface area contributed by atoms with Crippen LogP contribution in [0.1, 0.15) is 48.0 Å².